The molecule has 114 valence electrons. The minimum Gasteiger partial charge on any atom is -0.383 e. The fraction of sp³-hybridized carbons (Fsp3) is 0.500. The van der Waals surface area contributed by atoms with Crippen molar-refractivity contribution in [2.75, 3.05) is 20.3 Å². The van der Waals surface area contributed by atoms with Gasteiger partial charge in [0.15, 0.2) is 5.82 Å². The van der Waals surface area contributed by atoms with Crippen molar-refractivity contribution in [3.63, 3.8) is 0 Å². The van der Waals surface area contributed by atoms with Gasteiger partial charge in [-0.15, -0.1) is 0 Å². The summed E-state index contributed by atoms with van der Waals surface area (Å²) in [6.45, 7) is 9.37. The summed E-state index contributed by atoms with van der Waals surface area (Å²) in [6, 6.07) is 4.43. The molecule has 0 saturated carbocycles. The van der Waals surface area contributed by atoms with Crippen molar-refractivity contribution in [2.24, 2.45) is 0 Å². The first-order valence-electron chi connectivity index (χ1n) is 7.25. The molecule has 0 bridgehead atoms. The maximum Gasteiger partial charge on any atom is 0.164 e. The van der Waals surface area contributed by atoms with Gasteiger partial charge >= 0.3 is 0 Å². The highest BCUT2D eigenvalue weighted by atomic mass is 16.5. The first-order valence-corrected chi connectivity index (χ1v) is 7.25. The number of aryl methyl sites for hydroxylation is 3. The molecule has 0 saturated heterocycles. The van der Waals surface area contributed by atoms with Crippen LogP contribution in [0, 0.1) is 20.8 Å². The Labute approximate surface area is 126 Å². The van der Waals surface area contributed by atoms with E-state index in [4.69, 9.17) is 4.74 Å². The van der Waals surface area contributed by atoms with Crippen molar-refractivity contribution < 1.29 is 4.74 Å². The van der Waals surface area contributed by atoms with E-state index < -0.39 is 0 Å². The number of hydrogen-bond donors (Lipinski definition) is 1. The van der Waals surface area contributed by atoms with Crippen molar-refractivity contribution in [2.45, 2.75) is 33.9 Å². The van der Waals surface area contributed by atoms with Crippen LogP contribution in [0.1, 0.15) is 28.1 Å². The zero-order valence-corrected chi connectivity index (χ0v) is 13.3. The Hall–Kier alpha value is -1.72. The van der Waals surface area contributed by atoms with Crippen LogP contribution in [0.5, 0.6) is 0 Å². The van der Waals surface area contributed by atoms with Gasteiger partial charge in [0.2, 0.25) is 0 Å². The smallest absolute Gasteiger partial charge is 0.164 e. The Kier molecular flexibility index (Phi) is 5.47. The van der Waals surface area contributed by atoms with E-state index in [2.05, 4.69) is 48.3 Å². The zero-order valence-electron chi connectivity index (χ0n) is 13.3. The Morgan fingerprint density at radius 1 is 1.19 bits per heavy atom. The lowest BCUT2D eigenvalue weighted by Gasteiger charge is -2.11. The topological polar surface area (TPSA) is 52.0 Å². The molecule has 21 heavy (non-hydrogen) atoms. The highest BCUT2D eigenvalue weighted by Gasteiger charge is 2.07. The highest BCUT2D eigenvalue weighted by molar-refractivity contribution is 5.37. The molecule has 0 amide bonds. The predicted molar refractivity (Wildman–Crippen MR) is 83.4 cm³/mol. The van der Waals surface area contributed by atoms with Crippen LogP contribution in [0.2, 0.25) is 0 Å². The minimum atomic E-state index is 0.669. The molecule has 2 aromatic rings. The van der Waals surface area contributed by atoms with E-state index >= 15 is 0 Å². The van der Waals surface area contributed by atoms with Crippen LogP contribution in [0.4, 0.5) is 0 Å². The first kappa shape index (κ1) is 15.7. The van der Waals surface area contributed by atoms with Crippen LogP contribution in [0.3, 0.4) is 0 Å². The minimum absolute atomic E-state index is 0.669. The van der Waals surface area contributed by atoms with Gasteiger partial charge in [0, 0.05) is 13.7 Å². The van der Waals surface area contributed by atoms with Crippen molar-refractivity contribution in [1.29, 1.82) is 0 Å². The number of benzene rings is 1. The van der Waals surface area contributed by atoms with E-state index in [-0.39, 0.29) is 0 Å². The molecule has 1 heterocycles. The molecule has 0 radical (unpaired) electrons. The van der Waals surface area contributed by atoms with E-state index in [0.717, 1.165) is 18.9 Å². The number of nitrogens with zero attached hydrogens (tertiary/aromatic N) is 3. The van der Waals surface area contributed by atoms with Gasteiger partial charge in [-0.05, 0) is 37.5 Å². The van der Waals surface area contributed by atoms with Gasteiger partial charge in [-0.25, -0.2) is 9.67 Å². The summed E-state index contributed by atoms with van der Waals surface area (Å²) in [5.41, 5.74) is 5.24. The highest BCUT2D eigenvalue weighted by Crippen LogP contribution is 2.17. The van der Waals surface area contributed by atoms with Crippen molar-refractivity contribution in [3.05, 3.63) is 46.5 Å². The van der Waals surface area contributed by atoms with E-state index in [0.29, 0.717) is 13.2 Å². The summed E-state index contributed by atoms with van der Waals surface area (Å²) in [6.07, 6.45) is 1.80. The molecule has 1 aromatic carbocycles. The van der Waals surface area contributed by atoms with Crippen LogP contribution in [-0.2, 0) is 17.8 Å². The molecule has 5 nitrogen and oxygen atoms in total. The molecule has 1 N–H and O–H groups in total. The second-order valence-electron chi connectivity index (χ2n) is 5.41. The number of hydrogen-bond acceptors (Lipinski definition) is 4. The summed E-state index contributed by atoms with van der Waals surface area (Å²) in [4.78, 5) is 4.34. The molecule has 0 fully saturated rings. The molecule has 0 atom stereocenters. The number of ether oxygens (including phenoxy) is 1. The number of methoxy groups -OCH3 is 1. The summed E-state index contributed by atoms with van der Waals surface area (Å²) >= 11 is 0. The summed E-state index contributed by atoms with van der Waals surface area (Å²) in [7, 11) is 1.70. The van der Waals surface area contributed by atoms with Gasteiger partial charge in [-0.2, -0.15) is 5.10 Å². The van der Waals surface area contributed by atoms with Gasteiger partial charge in [0.05, 0.1) is 19.7 Å². The lowest BCUT2D eigenvalue weighted by molar-refractivity contribution is 0.199. The molecular weight excluding hydrogens is 264 g/mol. The summed E-state index contributed by atoms with van der Waals surface area (Å²) in [5.74, 6) is 0.813. The molecule has 5 heteroatoms. The third-order valence-corrected chi connectivity index (χ3v) is 3.51. The van der Waals surface area contributed by atoms with Crippen LogP contribution in [-0.4, -0.2) is 35.0 Å². The van der Waals surface area contributed by atoms with Crippen LogP contribution in [0.25, 0.3) is 0 Å². The summed E-state index contributed by atoms with van der Waals surface area (Å²) in [5, 5.41) is 7.76. The molecule has 2 rings (SSSR count). The van der Waals surface area contributed by atoms with Gasteiger partial charge in [0.1, 0.15) is 6.33 Å². The maximum absolute atomic E-state index is 4.99. The number of aromatic nitrogens is 3. The quantitative estimate of drug-likeness (QED) is 0.792. The lowest BCUT2D eigenvalue weighted by Crippen LogP contribution is -2.19. The third-order valence-electron chi connectivity index (χ3n) is 3.51. The first-order chi connectivity index (χ1) is 10.1. The van der Waals surface area contributed by atoms with Gasteiger partial charge in [-0.1, -0.05) is 17.7 Å². The van der Waals surface area contributed by atoms with Gasteiger partial charge in [0.25, 0.3) is 0 Å². The van der Waals surface area contributed by atoms with Crippen LogP contribution < -0.4 is 5.32 Å². The zero-order chi connectivity index (χ0) is 15.2. The standard InChI is InChI=1S/C16H24N4O/c1-12-7-13(2)15(14(3)8-12)10-20-11-18-16(19-20)9-17-5-6-21-4/h7-8,11,17H,5-6,9-10H2,1-4H3. The molecular formula is C16H24N4O. The van der Waals surface area contributed by atoms with E-state index in [1.165, 1.54) is 22.3 Å². The fourth-order valence-electron chi connectivity index (χ4n) is 2.49. The molecule has 0 unspecified atom stereocenters. The monoisotopic (exact) mass is 288 g/mol. The van der Waals surface area contributed by atoms with Crippen molar-refractivity contribution in [1.82, 2.24) is 20.1 Å². The van der Waals surface area contributed by atoms with Crippen LogP contribution >= 0.6 is 0 Å². The van der Waals surface area contributed by atoms with E-state index in [9.17, 15) is 0 Å². The second kappa shape index (κ2) is 7.33. The largest absolute Gasteiger partial charge is 0.383 e. The molecule has 0 spiro atoms. The van der Waals surface area contributed by atoms with E-state index in [1.54, 1.807) is 13.4 Å². The molecule has 0 aliphatic rings. The molecule has 0 aliphatic heterocycles. The third kappa shape index (κ3) is 4.37. The Balaban J connectivity index is 1.99. The molecule has 0 aliphatic carbocycles. The molecule has 1 aromatic heterocycles. The Morgan fingerprint density at radius 3 is 2.57 bits per heavy atom. The fourth-order valence-corrected chi connectivity index (χ4v) is 2.49. The van der Waals surface area contributed by atoms with Crippen molar-refractivity contribution >= 4 is 0 Å². The normalized spacial score (nSPS) is 11.0. The maximum atomic E-state index is 4.99. The average molecular weight is 288 g/mol. The van der Waals surface area contributed by atoms with Gasteiger partial charge in [-0.3, -0.25) is 0 Å². The Bertz CT molecular complexity index is 569. The summed E-state index contributed by atoms with van der Waals surface area (Å²) < 4.78 is 6.89. The predicted octanol–water partition coefficient (Wildman–Crippen LogP) is 1.99. The number of rotatable bonds is 7. The average Bonchev–Trinajstić information content (AvgIpc) is 2.87. The Morgan fingerprint density at radius 2 is 1.90 bits per heavy atom. The number of nitrogens with one attached hydrogen (secondary N) is 1. The lowest BCUT2D eigenvalue weighted by atomic mass is 10.00. The SMILES string of the molecule is COCCNCc1ncn(Cc2c(C)cc(C)cc2C)n1. The van der Waals surface area contributed by atoms with E-state index in [1.807, 2.05) is 4.68 Å². The van der Waals surface area contributed by atoms with Crippen LogP contribution in [0.15, 0.2) is 18.5 Å². The van der Waals surface area contributed by atoms with Crippen molar-refractivity contribution in [3.8, 4) is 0 Å². The van der Waals surface area contributed by atoms with Gasteiger partial charge < -0.3 is 10.1 Å². The second-order valence-corrected chi connectivity index (χ2v) is 5.41.